The average Bonchev–Trinajstić information content (AvgIpc) is 3.52. The number of nitrogens with one attached hydrogen (secondary N) is 2. The van der Waals surface area contributed by atoms with Crippen LogP contribution in [-0.2, 0) is 4.79 Å². The molecule has 7 heteroatoms. The molecule has 1 saturated heterocycles. The Morgan fingerprint density at radius 2 is 1.86 bits per heavy atom. The Hall–Kier alpha value is -3.55. The van der Waals surface area contributed by atoms with Crippen molar-refractivity contribution >= 4 is 17.9 Å². The second kappa shape index (κ2) is 11.7. The van der Waals surface area contributed by atoms with Gasteiger partial charge in [-0.25, -0.2) is 0 Å². The first kappa shape index (κ1) is 24.6. The van der Waals surface area contributed by atoms with E-state index >= 15 is 0 Å². The molecule has 0 radical (unpaired) electrons. The van der Waals surface area contributed by atoms with Gasteiger partial charge in [-0.1, -0.05) is 30.3 Å². The Bertz CT molecular complexity index is 1120. The van der Waals surface area contributed by atoms with Gasteiger partial charge in [-0.2, -0.15) is 0 Å². The molecule has 1 amide bonds. The molecule has 2 N–H and O–H groups in total. The van der Waals surface area contributed by atoms with Crippen LogP contribution in [0.4, 0.5) is 5.69 Å². The zero-order valence-corrected chi connectivity index (χ0v) is 20.2. The number of likely N-dealkylation sites (N-methyl/N-ethyl adjacent to an activating group) is 2. The molecular formula is C28H32N4O3. The topological polar surface area (TPSA) is 83.6 Å². The Balaban J connectivity index is 0.000000218. The van der Waals surface area contributed by atoms with E-state index in [2.05, 4.69) is 39.7 Å². The molecule has 3 unspecified atom stereocenters. The van der Waals surface area contributed by atoms with E-state index in [-0.39, 0.29) is 17.9 Å². The lowest BCUT2D eigenvalue weighted by atomic mass is 9.96. The minimum Gasteiger partial charge on any atom is -0.492 e. The van der Waals surface area contributed by atoms with Crippen molar-refractivity contribution in [1.82, 2.24) is 15.2 Å². The number of ether oxygens (including phenoxy) is 1. The van der Waals surface area contributed by atoms with Crippen molar-refractivity contribution in [1.29, 1.82) is 0 Å². The summed E-state index contributed by atoms with van der Waals surface area (Å²) in [5.41, 5.74) is 3.64. The number of anilines is 1. The molecule has 0 spiro atoms. The van der Waals surface area contributed by atoms with Crippen LogP contribution >= 0.6 is 0 Å². The smallest absolute Gasteiger partial charge is 0.255 e. The van der Waals surface area contributed by atoms with E-state index < -0.39 is 0 Å². The highest BCUT2D eigenvalue weighted by atomic mass is 16.5. The molecule has 3 atom stereocenters. The van der Waals surface area contributed by atoms with E-state index in [1.165, 1.54) is 18.4 Å². The zero-order chi connectivity index (χ0) is 24.6. The molecule has 0 aliphatic carbocycles. The number of rotatable bonds is 6. The van der Waals surface area contributed by atoms with Crippen molar-refractivity contribution in [3.8, 4) is 5.75 Å². The molecule has 1 fully saturated rings. The molecule has 2 aliphatic rings. The van der Waals surface area contributed by atoms with E-state index in [4.69, 9.17) is 4.74 Å². The molecule has 0 saturated carbocycles. The maximum absolute atomic E-state index is 12.3. The summed E-state index contributed by atoms with van der Waals surface area (Å²) in [4.78, 5) is 29.2. The fourth-order valence-electron chi connectivity index (χ4n) is 4.72. The Morgan fingerprint density at radius 1 is 1.11 bits per heavy atom. The van der Waals surface area contributed by atoms with Gasteiger partial charge in [0.25, 0.3) is 5.91 Å². The number of aromatic nitrogens is 1. The Labute approximate surface area is 206 Å². The average molecular weight is 473 g/mol. The molecule has 7 nitrogen and oxygen atoms in total. The first-order valence-electron chi connectivity index (χ1n) is 12.0. The highest BCUT2D eigenvalue weighted by Crippen LogP contribution is 2.31. The van der Waals surface area contributed by atoms with Crippen molar-refractivity contribution in [3.63, 3.8) is 0 Å². The summed E-state index contributed by atoms with van der Waals surface area (Å²) >= 11 is 0. The Kier molecular flexibility index (Phi) is 8.23. The van der Waals surface area contributed by atoms with E-state index in [9.17, 15) is 9.59 Å². The summed E-state index contributed by atoms with van der Waals surface area (Å²) in [5, 5.41) is 6.31. The molecule has 2 aromatic carbocycles. The van der Waals surface area contributed by atoms with Gasteiger partial charge >= 0.3 is 0 Å². The highest BCUT2D eigenvalue weighted by Gasteiger charge is 2.29. The standard InChI is InChI=1S/C19H24N4O.C9H8O2/c1-20-18(17-4-3-13-23(17)2)14-5-7-15(8-6-14)19(24)22-16-9-11-21-12-10-16;10-5-7-6-11-9-4-2-1-3-8(7)9/h5-12,17-18,20H,3-4,13H2,1-2H3,(H,21,22,24);1-5,7H,6H2. The number of hydrogen-bond acceptors (Lipinski definition) is 6. The summed E-state index contributed by atoms with van der Waals surface area (Å²) in [7, 11) is 4.18. The first-order chi connectivity index (χ1) is 17.1. The van der Waals surface area contributed by atoms with Crippen molar-refractivity contribution in [2.24, 2.45) is 0 Å². The molecule has 3 heterocycles. The minimum atomic E-state index is -0.105. The maximum Gasteiger partial charge on any atom is 0.255 e. The third-order valence-electron chi connectivity index (χ3n) is 6.64. The van der Waals surface area contributed by atoms with Gasteiger partial charge in [0, 0.05) is 41.3 Å². The number of benzene rings is 2. The second-order valence-corrected chi connectivity index (χ2v) is 8.86. The summed E-state index contributed by atoms with van der Waals surface area (Å²) in [6.07, 6.45) is 6.70. The number of nitrogens with zero attached hydrogens (tertiary/aromatic N) is 2. The van der Waals surface area contributed by atoms with Gasteiger partial charge in [-0.3, -0.25) is 9.78 Å². The van der Waals surface area contributed by atoms with Crippen molar-refractivity contribution in [2.75, 3.05) is 32.6 Å². The fraction of sp³-hybridized carbons (Fsp3) is 0.321. The summed E-state index contributed by atoms with van der Waals surface area (Å²) in [5.74, 6) is 0.697. The van der Waals surface area contributed by atoms with Crippen LogP contribution in [0.1, 0.15) is 46.3 Å². The normalized spacial score (nSPS) is 19.6. The van der Waals surface area contributed by atoms with Crippen LogP contribution in [0.3, 0.4) is 0 Å². The molecular weight excluding hydrogens is 440 g/mol. The van der Waals surface area contributed by atoms with Crippen molar-refractivity contribution in [2.45, 2.75) is 30.8 Å². The quantitative estimate of drug-likeness (QED) is 0.527. The number of amides is 1. The van der Waals surface area contributed by atoms with E-state index in [0.29, 0.717) is 18.2 Å². The minimum absolute atomic E-state index is 0.0498. The highest BCUT2D eigenvalue weighted by molar-refractivity contribution is 6.04. The lowest BCUT2D eigenvalue weighted by molar-refractivity contribution is -0.109. The van der Waals surface area contributed by atoms with Crippen molar-refractivity contribution in [3.05, 3.63) is 89.7 Å². The summed E-state index contributed by atoms with van der Waals surface area (Å²) in [6, 6.07) is 19.9. The largest absolute Gasteiger partial charge is 0.492 e. The first-order valence-corrected chi connectivity index (χ1v) is 12.0. The number of carbonyl (C=O) groups is 2. The third kappa shape index (κ3) is 5.93. The van der Waals surface area contributed by atoms with Crippen LogP contribution in [0.15, 0.2) is 73.1 Å². The van der Waals surface area contributed by atoms with Gasteiger partial charge in [-0.15, -0.1) is 0 Å². The van der Waals surface area contributed by atoms with Gasteiger partial charge in [-0.05, 0) is 69.4 Å². The van der Waals surface area contributed by atoms with Gasteiger partial charge in [0.1, 0.15) is 18.6 Å². The van der Waals surface area contributed by atoms with Crippen LogP contribution < -0.4 is 15.4 Å². The number of aldehydes is 1. The van der Waals surface area contributed by atoms with E-state index in [0.717, 1.165) is 29.8 Å². The SMILES string of the molecule is CNC(c1ccc(C(=O)Nc2ccncc2)cc1)C1CCCN1C.O=CC1COc2ccccc21. The molecule has 1 aromatic heterocycles. The number of pyridine rings is 1. The van der Waals surface area contributed by atoms with Crippen LogP contribution in [0, 0.1) is 0 Å². The number of fused-ring (bicyclic) bond motifs is 1. The molecule has 5 rings (SSSR count). The van der Waals surface area contributed by atoms with Crippen LogP contribution in [-0.4, -0.2) is 55.4 Å². The fourth-order valence-corrected chi connectivity index (χ4v) is 4.72. The summed E-state index contributed by atoms with van der Waals surface area (Å²) in [6.45, 7) is 1.65. The van der Waals surface area contributed by atoms with Crippen LogP contribution in [0.25, 0.3) is 0 Å². The second-order valence-electron chi connectivity index (χ2n) is 8.86. The van der Waals surface area contributed by atoms with Crippen LogP contribution in [0.2, 0.25) is 0 Å². The number of hydrogen-bond donors (Lipinski definition) is 2. The van der Waals surface area contributed by atoms with Gasteiger partial charge in [0.05, 0.1) is 5.92 Å². The number of carbonyl (C=O) groups excluding carboxylic acids is 2. The van der Waals surface area contributed by atoms with Gasteiger partial charge in [0.15, 0.2) is 0 Å². The molecule has 35 heavy (non-hydrogen) atoms. The van der Waals surface area contributed by atoms with E-state index in [1.807, 2.05) is 43.4 Å². The molecule has 0 bridgehead atoms. The lowest BCUT2D eigenvalue weighted by Gasteiger charge is -2.29. The number of likely N-dealkylation sites (tertiary alicyclic amines) is 1. The van der Waals surface area contributed by atoms with Gasteiger partial charge in [0.2, 0.25) is 0 Å². The molecule has 2 aliphatic heterocycles. The van der Waals surface area contributed by atoms with Crippen LogP contribution in [0.5, 0.6) is 5.75 Å². The van der Waals surface area contributed by atoms with E-state index in [1.54, 1.807) is 24.5 Å². The summed E-state index contributed by atoms with van der Waals surface area (Å²) < 4.78 is 5.27. The predicted octanol–water partition coefficient (Wildman–Crippen LogP) is 4.05. The number of para-hydroxylation sites is 1. The monoisotopic (exact) mass is 472 g/mol. The molecule has 182 valence electrons. The van der Waals surface area contributed by atoms with Gasteiger partial charge < -0.3 is 25.1 Å². The maximum atomic E-state index is 12.3. The Morgan fingerprint density at radius 3 is 2.51 bits per heavy atom. The molecule has 3 aromatic rings. The zero-order valence-electron chi connectivity index (χ0n) is 20.2. The third-order valence-corrected chi connectivity index (χ3v) is 6.64. The predicted molar refractivity (Wildman–Crippen MR) is 137 cm³/mol. The lowest BCUT2D eigenvalue weighted by Crippen LogP contribution is -2.37. The van der Waals surface area contributed by atoms with Crippen molar-refractivity contribution < 1.29 is 14.3 Å².